The summed E-state index contributed by atoms with van der Waals surface area (Å²) in [7, 11) is 0. The van der Waals surface area contributed by atoms with E-state index in [4.69, 9.17) is 0 Å². The van der Waals surface area contributed by atoms with Crippen molar-refractivity contribution in [3.8, 4) is 5.69 Å². The second-order valence-corrected chi connectivity index (χ2v) is 5.20. The van der Waals surface area contributed by atoms with Crippen LogP contribution in [0.4, 0.5) is 0 Å². The lowest BCUT2D eigenvalue weighted by molar-refractivity contribution is 0.151. The van der Waals surface area contributed by atoms with E-state index < -0.39 is 6.10 Å². The Kier molecular flexibility index (Phi) is 3.84. The Labute approximate surface area is 124 Å². The predicted octanol–water partition coefficient (Wildman–Crippen LogP) is 3.71. The molecule has 0 aliphatic carbocycles. The first kappa shape index (κ1) is 13.6. The maximum absolute atomic E-state index is 10.5. The molecule has 1 heterocycles. The average Bonchev–Trinajstić information content (AvgIpc) is 3.05. The van der Waals surface area contributed by atoms with Gasteiger partial charge in [0, 0.05) is 17.7 Å². The molecule has 3 aromatic rings. The molecule has 0 fully saturated rings. The van der Waals surface area contributed by atoms with E-state index in [1.165, 1.54) is 0 Å². The van der Waals surface area contributed by atoms with Gasteiger partial charge in [0.2, 0.25) is 0 Å². The third-order valence-corrected chi connectivity index (χ3v) is 3.76. The van der Waals surface area contributed by atoms with Crippen molar-refractivity contribution in [2.45, 2.75) is 18.9 Å². The Morgan fingerprint density at radius 2 is 1.52 bits per heavy atom. The second-order valence-electron chi connectivity index (χ2n) is 5.20. The molecule has 0 aliphatic rings. The van der Waals surface area contributed by atoms with Gasteiger partial charge in [-0.25, -0.2) is 4.68 Å². The number of aromatic nitrogens is 2. The van der Waals surface area contributed by atoms with E-state index in [-0.39, 0.29) is 5.92 Å². The van der Waals surface area contributed by atoms with Gasteiger partial charge in [-0.05, 0) is 17.7 Å². The first-order chi connectivity index (χ1) is 10.3. The summed E-state index contributed by atoms with van der Waals surface area (Å²) in [6.07, 6.45) is 3.06. The predicted molar refractivity (Wildman–Crippen MR) is 83.4 cm³/mol. The standard InChI is InChI=1S/C18H18N2O/c1-14(15-8-4-2-5-9-15)18(21)16-12-19-20(13-16)17-10-6-3-7-11-17/h2-14,18,21H,1H3. The monoisotopic (exact) mass is 278 g/mol. The fraction of sp³-hybridized carbons (Fsp3) is 0.167. The summed E-state index contributed by atoms with van der Waals surface area (Å²) in [6, 6.07) is 19.9. The number of nitrogens with zero attached hydrogens (tertiary/aromatic N) is 2. The first-order valence-electron chi connectivity index (χ1n) is 7.08. The third kappa shape index (κ3) is 2.88. The molecule has 1 N–H and O–H groups in total. The average molecular weight is 278 g/mol. The van der Waals surface area contributed by atoms with Gasteiger partial charge in [-0.15, -0.1) is 0 Å². The van der Waals surface area contributed by atoms with Gasteiger partial charge in [0.15, 0.2) is 0 Å². The van der Waals surface area contributed by atoms with E-state index in [2.05, 4.69) is 5.10 Å². The Hall–Kier alpha value is -2.39. The lowest BCUT2D eigenvalue weighted by Crippen LogP contribution is -2.06. The summed E-state index contributed by atoms with van der Waals surface area (Å²) in [5, 5.41) is 14.9. The molecule has 2 unspecified atom stereocenters. The number of hydrogen-bond donors (Lipinski definition) is 1. The second kappa shape index (κ2) is 5.94. The van der Waals surface area contributed by atoms with Gasteiger partial charge in [-0.2, -0.15) is 5.10 Å². The Balaban J connectivity index is 1.83. The zero-order valence-corrected chi connectivity index (χ0v) is 11.9. The van der Waals surface area contributed by atoms with Crippen LogP contribution in [0.25, 0.3) is 5.69 Å². The van der Waals surface area contributed by atoms with Crippen molar-refractivity contribution in [2.24, 2.45) is 0 Å². The number of hydrogen-bond acceptors (Lipinski definition) is 2. The molecule has 2 atom stereocenters. The Bertz CT molecular complexity index is 692. The van der Waals surface area contributed by atoms with Crippen molar-refractivity contribution < 1.29 is 5.11 Å². The van der Waals surface area contributed by atoms with Crippen LogP contribution in [0.1, 0.15) is 30.1 Å². The van der Waals surface area contributed by atoms with E-state index in [0.29, 0.717) is 0 Å². The topological polar surface area (TPSA) is 38.1 Å². The normalized spacial score (nSPS) is 13.8. The molecule has 3 heteroatoms. The zero-order chi connectivity index (χ0) is 14.7. The molecule has 3 nitrogen and oxygen atoms in total. The maximum atomic E-state index is 10.5. The highest BCUT2D eigenvalue weighted by Crippen LogP contribution is 2.30. The summed E-state index contributed by atoms with van der Waals surface area (Å²) in [5.41, 5.74) is 2.94. The third-order valence-electron chi connectivity index (χ3n) is 3.76. The molecule has 1 aromatic heterocycles. The van der Waals surface area contributed by atoms with Gasteiger partial charge in [0.25, 0.3) is 0 Å². The molecule has 0 amide bonds. The van der Waals surface area contributed by atoms with E-state index >= 15 is 0 Å². The molecule has 0 saturated heterocycles. The highest BCUT2D eigenvalue weighted by molar-refractivity contribution is 5.32. The van der Waals surface area contributed by atoms with Crippen molar-refractivity contribution in [1.82, 2.24) is 9.78 Å². The highest BCUT2D eigenvalue weighted by atomic mass is 16.3. The van der Waals surface area contributed by atoms with Crippen molar-refractivity contribution in [3.63, 3.8) is 0 Å². The fourth-order valence-corrected chi connectivity index (χ4v) is 2.44. The maximum Gasteiger partial charge on any atom is 0.0886 e. The number of rotatable bonds is 4. The highest BCUT2D eigenvalue weighted by Gasteiger charge is 2.19. The molecule has 3 rings (SSSR count). The van der Waals surface area contributed by atoms with Crippen LogP contribution in [0.3, 0.4) is 0 Å². The summed E-state index contributed by atoms with van der Waals surface area (Å²) in [5.74, 6) is 0.0274. The number of aliphatic hydroxyl groups is 1. The first-order valence-corrected chi connectivity index (χ1v) is 7.08. The Morgan fingerprint density at radius 1 is 0.905 bits per heavy atom. The van der Waals surface area contributed by atoms with Gasteiger partial charge < -0.3 is 5.11 Å². The van der Waals surface area contributed by atoms with Crippen LogP contribution in [-0.2, 0) is 0 Å². The fourth-order valence-electron chi connectivity index (χ4n) is 2.44. The summed E-state index contributed by atoms with van der Waals surface area (Å²) < 4.78 is 1.79. The minimum atomic E-state index is -0.565. The number of benzene rings is 2. The molecule has 0 spiro atoms. The summed E-state index contributed by atoms with van der Waals surface area (Å²) >= 11 is 0. The SMILES string of the molecule is CC(c1ccccc1)C(O)c1cnn(-c2ccccc2)c1. The molecule has 21 heavy (non-hydrogen) atoms. The smallest absolute Gasteiger partial charge is 0.0886 e. The van der Waals surface area contributed by atoms with Gasteiger partial charge in [-0.3, -0.25) is 0 Å². The molecule has 0 aliphatic heterocycles. The van der Waals surface area contributed by atoms with Crippen molar-refractivity contribution in [3.05, 3.63) is 84.2 Å². The van der Waals surface area contributed by atoms with Crippen molar-refractivity contribution in [2.75, 3.05) is 0 Å². The van der Waals surface area contributed by atoms with Crippen molar-refractivity contribution >= 4 is 0 Å². The van der Waals surface area contributed by atoms with Gasteiger partial charge in [0.05, 0.1) is 18.0 Å². The minimum Gasteiger partial charge on any atom is -0.388 e. The van der Waals surface area contributed by atoms with Gasteiger partial charge >= 0.3 is 0 Å². The van der Waals surface area contributed by atoms with Gasteiger partial charge in [-0.1, -0.05) is 55.5 Å². The van der Waals surface area contributed by atoms with E-state index in [0.717, 1.165) is 16.8 Å². The minimum absolute atomic E-state index is 0.0274. The van der Waals surface area contributed by atoms with Crippen molar-refractivity contribution in [1.29, 1.82) is 0 Å². The van der Waals surface area contributed by atoms with Crippen LogP contribution >= 0.6 is 0 Å². The van der Waals surface area contributed by atoms with E-state index in [9.17, 15) is 5.11 Å². The molecule has 106 valence electrons. The molecule has 0 radical (unpaired) electrons. The molecule has 2 aromatic carbocycles. The zero-order valence-electron chi connectivity index (χ0n) is 11.9. The number of para-hydroxylation sites is 1. The Morgan fingerprint density at radius 3 is 2.19 bits per heavy atom. The molecule has 0 saturated carbocycles. The van der Waals surface area contributed by atoms with Crippen LogP contribution in [0.5, 0.6) is 0 Å². The lowest BCUT2D eigenvalue weighted by atomic mass is 9.92. The van der Waals surface area contributed by atoms with Gasteiger partial charge in [0.1, 0.15) is 0 Å². The van der Waals surface area contributed by atoms with Crippen LogP contribution in [-0.4, -0.2) is 14.9 Å². The van der Waals surface area contributed by atoms with Crippen LogP contribution < -0.4 is 0 Å². The van der Waals surface area contributed by atoms with E-state index in [1.807, 2.05) is 73.8 Å². The lowest BCUT2D eigenvalue weighted by Gasteiger charge is -2.17. The van der Waals surface area contributed by atoms with E-state index in [1.54, 1.807) is 10.9 Å². The molecular weight excluding hydrogens is 260 g/mol. The summed E-state index contributed by atoms with van der Waals surface area (Å²) in [4.78, 5) is 0. The van der Waals surface area contributed by atoms with Crippen LogP contribution in [0, 0.1) is 0 Å². The number of aliphatic hydroxyl groups excluding tert-OH is 1. The molecule has 0 bridgehead atoms. The molecular formula is C18H18N2O. The van der Waals surface area contributed by atoms with Crippen LogP contribution in [0.2, 0.25) is 0 Å². The quantitative estimate of drug-likeness (QED) is 0.790. The van der Waals surface area contributed by atoms with Crippen LogP contribution in [0.15, 0.2) is 73.1 Å². The largest absolute Gasteiger partial charge is 0.388 e. The summed E-state index contributed by atoms with van der Waals surface area (Å²) in [6.45, 7) is 2.03.